The standard InChI is InChI=1S/C11H11N3O/c1-3-10(15-4-2)8-6-5-7-9-11(8)13-14-12-9/h1,5-7,10H,4H2,2H3,(H,12,13,14). The Morgan fingerprint density at radius 3 is 3.13 bits per heavy atom. The highest BCUT2D eigenvalue weighted by atomic mass is 16.5. The summed E-state index contributed by atoms with van der Waals surface area (Å²) in [4.78, 5) is 0. The van der Waals surface area contributed by atoms with Gasteiger partial charge in [0.2, 0.25) is 0 Å². The number of nitrogens with zero attached hydrogens (tertiary/aromatic N) is 2. The van der Waals surface area contributed by atoms with Crippen LogP contribution in [0.1, 0.15) is 18.6 Å². The number of ether oxygens (including phenoxy) is 1. The summed E-state index contributed by atoms with van der Waals surface area (Å²) in [6, 6.07) is 5.68. The van der Waals surface area contributed by atoms with Crippen LogP contribution in [-0.4, -0.2) is 22.0 Å². The van der Waals surface area contributed by atoms with Crippen molar-refractivity contribution in [1.82, 2.24) is 15.4 Å². The fraction of sp³-hybridized carbons (Fsp3) is 0.273. The summed E-state index contributed by atoms with van der Waals surface area (Å²) < 4.78 is 5.44. The maximum absolute atomic E-state index is 5.44. The quantitative estimate of drug-likeness (QED) is 0.768. The zero-order valence-electron chi connectivity index (χ0n) is 8.40. The minimum atomic E-state index is -0.358. The van der Waals surface area contributed by atoms with Crippen molar-refractivity contribution in [2.75, 3.05) is 6.61 Å². The van der Waals surface area contributed by atoms with Crippen LogP contribution in [0, 0.1) is 12.3 Å². The number of benzene rings is 1. The summed E-state index contributed by atoms with van der Waals surface area (Å²) in [5.41, 5.74) is 2.45. The topological polar surface area (TPSA) is 50.8 Å². The number of nitrogens with one attached hydrogen (secondary N) is 1. The molecule has 0 saturated carbocycles. The zero-order valence-corrected chi connectivity index (χ0v) is 8.40. The number of rotatable bonds is 3. The molecule has 0 aliphatic carbocycles. The summed E-state index contributed by atoms with van der Waals surface area (Å²) in [5.74, 6) is 2.60. The summed E-state index contributed by atoms with van der Waals surface area (Å²) in [6.07, 6.45) is 5.06. The van der Waals surface area contributed by atoms with Crippen molar-refractivity contribution in [1.29, 1.82) is 0 Å². The fourth-order valence-electron chi connectivity index (χ4n) is 1.50. The Balaban J connectivity index is 2.50. The van der Waals surface area contributed by atoms with Gasteiger partial charge in [-0.25, -0.2) is 0 Å². The van der Waals surface area contributed by atoms with Crippen LogP contribution in [-0.2, 0) is 4.74 Å². The van der Waals surface area contributed by atoms with Gasteiger partial charge in [-0.1, -0.05) is 18.1 Å². The van der Waals surface area contributed by atoms with Crippen LogP contribution in [0.25, 0.3) is 11.0 Å². The Hall–Kier alpha value is -1.86. The van der Waals surface area contributed by atoms with Gasteiger partial charge in [0, 0.05) is 12.2 Å². The second-order valence-electron chi connectivity index (χ2n) is 3.04. The van der Waals surface area contributed by atoms with E-state index in [0.717, 1.165) is 16.6 Å². The molecule has 1 aromatic carbocycles. The van der Waals surface area contributed by atoms with Gasteiger partial charge in [0.15, 0.2) is 0 Å². The van der Waals surface area contributed by atoms with Gasteiger partial charge in [-0.2, -0.15) is 15.4 Å². The molecule has 0 bridgehead atoms. The lowest BCUT2D eigenvalue weighted by molar-refractivity contribution is 0.104. The number of aromatic nitrogens is 3. The second kappa shape index (κ2) is 4.11. The van der Waals surface area contributed by atoms with Crippen LogP contribution in [0.2, 0.25) is 0 Å². The number of aromatic amines is 1. The molecule has 15 heavy (non-hydrogen) atoms. The highest BCUT2D eigenvalue weighted by Crippen LogP contribution is 2.23. The lowest BCUT2D eigenvalue weighted by atomic mass is 10.1. The molecular weight excluding hydrogens is 190 g/mol. The molecule has 1 atom stereocenters. The molecule has 4 heteroatoms. The molecule has 0 aliphatic heterocycles. The molecule has 1 N–H and O–H groups in total. The number of hydrogen-bond donors (Lipinski definition) is 1. The lowest BCUT2D eigenvalue weighted by Gasteiger charge is -2.10. The number of H-pyrrole nitrogens is 1. The maximum atomic E-state index is 5.44. The van der Waals surface area contributed by atoms with Crippen LogP contribution >= 0.6 is 0 Å². The van der Waals surface area contributed by atoms with Crippen LogP contribution in [0.5, 0.6) is 0 Å². The molecule has 0 saturated heterocycles. The number of fused-ring (bicyclic) bond motifs is 1. The average molecular weight is 201 g/mol. The number of para-hydroxylation sites is 1. The van der Waals surface area contributed by atoms with Crippen molar-refractivity contribution in [2.45, 2.75) is 13.0 Å². The van der Waals surface area contributed by atoms with E-state index in [1.165, 1.54) is 0 Å². The van der Waals surface area contributed by atoms with Crippen LogP contribution in [0.4, 0.5) is 0 Å². The fourth-order valence-corrected chi connectivity index (χ4v) is 1.50. The van der Waals surface area contributed by atoms with Crippen LogP contribution in [0.15, 0.2) is 18.2 Å². The normalized spacial score (nSPS) is 12.5. The Morgan fingerprint density at radius 1 is 1.53 bits per heavy atom. The maximum Gasteiger partial charge on any atom is 0.145 e. The summed E-state index contributed by atoms with van der Waals surface area (Å²) in [7, 11) is 0. The molecule has 0 radical (unpaired) electrons. The first-order valence-electron chi connectivity index (χ1n) is 4.74. The van der Waals surface area contributed by atoms with Crippen molar-refractivity contribution in [2.24, 2.45) is 0 Å². The SMILES string of the molecule is C#CC(OCC)c1cccc2n[nH]nc12. The Morgan fingerprint density at radius 2 is 2.40 bits per heavy atom. The third-order valence-corrected chi connectivity index (χ3v) is 2.15. The lowest BCUT2D eigenvalue weighted by Crippen LogP contribution is -2.02. The molecule has 76 valence electrons. The smallest absolute Gasteiger partial charge is 0.145 e. The minimum absolute atomic E-state index is 0.358. The molecule has 1 unspecified atom stereocenters. The van der Waals surface area contributed by atoms with E-state index in [4.69, 9.17) is 11.2 Å². The average Bonchev–Trinajstić information content (AvgIpc) is 2.73. The highest BCUT2D eigenvalue weighted by molar-refractivity contribution is 5.78. The Labute approximate surface area is 87.6 Å². The van der Waals surface area contributed by atoms with Gasteiger partial charge < -0.3 is 4.74 Å². The van der Waals surface area contributed by atoms with E-state index < -0.39 is 0 Å². The van der Waals surface area contributed by atoms with Crippen molar-refractivity contribution in [3.8, 4) is 12.3 Å². The minimum Gasteiger partial charge on any atom is -0.361 e. The van der Waals surface area contributed by atoms with Crippen LogP contribution in [0.3, 0.4) is 0 Å². The third-order valence-electron chi connectivity index (χ3n) is 2.15. The summed E-state index contributed by atoms with van der Waals surface area (Å²) >= 11 is 0. The van der Waals surface area contributed by atoms with E-state index in [2.05, 4.69) is 21.3 Å². The highest BCUT2D eigenvalue weighted by Gasteiger charge is 2.13. The van der Waals surface area contributed by atoms with E-state index in [1.54, 1.807) is 0 Å². The van der Waals surface area contributed by atoms with Gasteiger partial charge in [0.25, 0.3) is 0 Å². The number of hydrogen-bond acceptors (Lipinski definition) is 3. The van der Waals surface area contributed by atoms with E-state index >= 15 is 0 Å². The van der Waals surface area contributed by atoms with Crippen molar-refractivity contribution in [3.05, 3.63) is 23.8 Å². The predicted octanol–water partition coefficient (Wildman–Crippen LogP) is 1.67. The molecule has 0 aliphatic rings. The van der Waals surface area contributed by atoms with Gasteiger partial charge in [-0.3, -0.25) is 0 Å². The molecule has 0 spiro atoms. The molecule has 0 fully saturated rings. The Bertz CT molecular complexity index is 498. The second-order valence-corrected chi connectivity index (χ2v) is 3.04. The van der Waals surface area contributed by atoms with Crippen LogP contribution < -0.4 is 0 Å². The van der Waals surface area contributed by atoms with Gasteiger partial charge >= 0.3 is 0 Å². The zero-order chi connectivity index (χ0) is 10.7. The number of terminal acetylenes is 1. The van der Waals surface area contributed by atoms with Crippen molar-refractivity contribution >= 4 is 11.0 Å². The molecule has 1 aromatic heterocycles. The largest absolute Gasteiger partial charge is 0.361 e. The van der Waals surface area contributed by atoms with E-state index in [-0.39, 0.29) is 6.10 Å². The first kappa shape index (κ1) is 9.69. The molecule has 1 heterocycles. The molecule has 2 aromatic rings. The van der Waals surface area contributed by atoms with Gasteiger partial charge in [0.05, 0.1) is 0 Å². The van der Waals surface area contributed by atoms with E-state index in [1.807, 2.05) is 25.1 Å². The van der Waals surface area contributed by atoms with Gasteiger partial charge in [0.1, 0.15) is 17.1 Å². The molecule has 2 rings (SSSR count). The summed E-state index contributed by atoms with van der Waals surface area (Å²) in [6.45, 7) is 2.48. The Kier molecular flexibility index (Phi) is 2.66. The van der Waals surface area contributed by atoms with Crippen molar-refractivity contribution in [3.63, 3.8) is 0 Å². The van der Waals surface area contributed by atoms with E-state index in [0.29, 0.717) is 6.61 Å². The third kappa shape index (κ3) is 1.69. The molecule has 4 nitrogen and oxygen atoms in total. The van der Waals surface area contributed by atoms with Gasteiger partial charge in [-0.05, 0) is 13.0 Å². The van der Waals surface area contributed by atoms with Crippen molar-refractivity contribution < 1.29 is 4.74 Å². The molecule has 0 amide bonds. The first-order chi connectivity index (χ1) is 7.36. The molecular formula is C11H11N3O. The van der Waals surface area contributed by atoms with Gasteiger partial charge in [-0.15, -0.1) is 6.42 Å². The van der Waals surface area contributed by atoms with E-state index in [9.17, 15) is 0 Å². The summed E-state index contributed by atoms with van der Waals surface area (Å²) in [5, 5.41) is 10.6. The monoisotopic (exact) mass is 201 g/mol. The predicted molar refractivity (Wildman–Crippen MR) is 57.1 cm³/mol. The first-order valence-corrected chi connectivity index (χ1v) is 4.74.